The van der Waals surface area contributed by atoms with E-state index < -0.39 is 16.0 Å². The van der Waals surface area contributed by atoms with Crippen LogP contribution < -0.4 is 0 Å². The number of hydrogen-bond acceptors (Lipinski definition) is 5. The Morgan fingerprint density at radius 3 is 2.38 bits per heavy atom. The van der Waals surface area contributed by atoms with E-state index in [9.17, 15) is 13.2 Å². The van der Waals surface area contributed by atoms with Crippen LogP contribution in [-0.4, -0.2) is 61.9 Å². The summed E-state index contributed by atoms with van der Waals surface area (Å²) in [4.78, 5) is 13.1. The molecule has 8 heteroatoms. The van der Waals surface area contributed by atoms with E-state index in [2.05, 4.69) is 0 Å². The van der Waals surface area contributed by atoms with Crippen LogP contribution in [-0.2, 0) is 10.0 Å². The average molecular weight is 334 g/mol. The number of aryl methyl sites for hydroxylation is 1. The van der Waals surface area contributed by atoms with Crippen molar-refractivity contribution in [1.29, 1.82) is 0 Å². The summed E-state index contributed by atoms with van der Waals surface area (Å²) in [6.07, 6.45) is 0. The van der Waals surface area contributed by atoms with Gasteiger partial charge in [-0.3, -0.25) is 0 Å². The number of likely N-dealkylation sites (N-methyl/N-ethyl adjacent to an activating group) is 2. The molecule has 0 saturated heterocycles. The van der Waals surface area contributed by atoms with Gasteiger partial charge >= 0.3 is 5.97 Å². The quantitative estimate of drug-likeness (QED) is 0.821. The molecule has 0 aliphatic heterocycles. The van der Waals surface area contributed by atoms with Gasteiger partial charge in [0.05, 0.1) is 0 Å². The highest BCUT2D eigenvalue weighted by molar-refractivity contribution is 7.91. The molecule has 1 aromatic rings. The van der Waals surface area contributed by atoms with E-state index in [1.54, 1.807) is 13.8 Å². The Bertz CT molecular complexity index is 608. The van der Waals surface area contributed by atoms with Crippen LogP contribution in [0.3, 0.4) is 0 Å². The molecule has 0 radical (unpaired) electrons. The van der Waals surface area contributed by atoms with Crippen molar-refractivity contribution in [3.05, 3.63) is 16.5 Å². The van der Waals surface area contributed by atoms with Gasteiger partial charge in [-0.25, -0.2) is 13.2 Å². The van der Waals surface area contributed by atoms with Crippen LogP contribution in [0.1, 0.15) is 29.1 Å². The third-order valence-corrected chi connectivity index (χ3v) is 6.85. The average Bonchev–Trinajstić information content (AvgIpc) is 2.71. The Kier molecular flexibility index (Phi) is 5.92. The van der Waals surface area contributed by atoms with Gasteiger partial charge < -0.3 is 10.0 Å². The van der Waals surface area contributed by atoms with E-state index in [-0.39, 0.29) is 15.1 Å². The molecule has 0 amide bonds. The first-order valence-corrected chi connectivity index (χ1v) is 8.87. The first-order valence-electron chi connectivity index (χ1n) is 6.61. The molecule has 1 unspecified atom stereocenters. The van der Waals surface area contributed by atoms with Crippen molar-refractivity contribution in [3.63, 3.8) is 0 Å². The van der Waals surface area contributed by atoms with Gasteiger partial charge in [0.2, 0.25) is 0 Å². The smallest absolute Gasteiger partial charge is 0.346 e. The van der Waals surface area contributed by atoms with E-state index in [0.29, 0.717) is 18.7 Å². The summed E-state index contributed by atoms with van der Waals surface area (Å²) in [6.45, 7) is 6.18. The zero-order valence-corrected chi connectivity index (χ0v) is 14.6. The van der Waals surface area contributed by atoms with Crippen molar-refractivity contribution in [2.45, 2.75) is 31.0 Å². The highest BCUT2D eigenvalue weighted by Crippen LogP contribution is 2.29. The van der Waals surface area contributed by atoms with Crippen LogP contribution in [0.25, 0.3) is 0 Å². The minimum absolute atomic E-state index is 0.0740. The molecular formula is C13H22N2O4S2. The molecule has 0 aliphatic carbocycles. The number of carboxylic acid groups (broad SMARTS) is 1. The molecule has 0 fully saturated rings. The van der Waals surface area contributed by atoms with E-state index in [1.807, 2.05) is 25.9 Å². The third-order valence-electron chi connectivity index (χ3n) is 3.09. The zero-order valence-electron chi connectivity index (χ0n) is 13.0. The lowest BCUT2D eigenvalue weighted by Crippen LogP contribution is -2.43. The minimum atomic E-state index is -3.67. The molecule has 0 aromatic carbocycles. The molecule has 120 valence electrons. The van der Waals surface area contributed by atoms with Crippen LogP contribution in [0.2, 0.25) is 0 Å². The van der Waals surface area contributed by atoms with Gasteiger partial charge in [0.15, 0.2) is 0 Å². The number of aromatic carboxylic acids is 1. The zero-order chi connectivity index (χ0) is 16.4. The standard InChI is InChI=1S/C13H22N2O4S2/c1-6-15(10(3)8-14(4)5)21(18,19)11-7-9(2)12(20-11)13(16)17/h7,10H,6,8H2,1-5H3,(H,16,17). The Hall–Kier alpha value is -0.960. The van der Waals surface area contributed by atoms with Crippen molar-refractivity contribution in [2.75, 3.05) is 27.2 Å². The summed E-state index contributed by atoms with van der Waals surface area (Å²) in [5, 5.41) is 9.06. The lowest BCUT2D eigenvalue weighted by molar-refractivity contribution is 0.0701. The number of carboxylic acids is 1. The fourth-order valence-corrected chi connectivity index (χ4v) is 5.39. The molecule has 0 saturated carbocycles. The Labute approximate surface area is 130 Å². The summed E-state index contributed by atoms with van der Waals surface area (Å²) in [6, 6.07) is 1.25. The molecule has 1 N–H and O–H groups in total. The third kappa shape index (κ3) is 4.03. The van der Waals surface area contributed by atoms with Gasteiger partial charge in [-0.05, 0) is 39.6 Å². The van der Waals surface area contributed by atoms with Crippen LogP contribution in [0, 0.1) is 6.92 Å². The molecule has 0 bridgehead atoms. The maximum atomic E-state index is 12.7. The van der Waals surface area contributed by atoms with Crippen LogP contribution in [0.15, 0.2) is 10.3 Å². The maximum absolute atomic E-state index is 12.7. The first kappa shape index (κ1) is 18.1. The van der Waals surface area contributed by atoms with Crippen LogP contribution in [0.4, 0.5) is 0 Å². The van der Waals surface area contributed by atoms with Gasteiger partial charge in [-0.1, -0.05) is 6.92 Å². The highest BCUT2D eigenvalue weighted by Gasteiger charge is 2.30. The van der Waals surface area contributed by atoms with E-state index in [4.69, 9.17) is 5.11 Å². The minimum Gasteiger partial charge on any atom is -0.477 e. The first-order chi connectivity index (χ1) is 9.61. The molecular weight excluding hydrogens is 312 g/mol. The van der Waals surface area contributed by atoms with E-state index in [1.165, 1.54) is 10.4 Å². The second kappa shape index (κ2) is 6.87. The largest absolute Gasteiger partial charge is 0.477 e. The van der Waals surface area contributed by atoms with Crippen molar-refractivity contribution >= 4 is 27.3 Å². The van der Waals surface area contributed by atoms with Crippen LogP contribution >= 0.6 is 11.3 Å². The predicted octanol–water partition coefficient (Wildman–Crippen LogP) is 1.72. The second-order valence-electron chi connectivity index (χ2n) is 5.20. The van der Waals surface area contributed by atoms with Gasteiger partial charge in [0.1, 0.15) is 9.09 Å². The lowest BCUT2D eigenvalue weighted by Gasteiger charge is -2.28. The number of rotatable bonds is 7. The molecule has 0 spiro atoms. The molecule has 21 heavy (non-hydrogen) atoms. The number of nitrogens with zero attached hydrogens (tertiary/aromatic N) is 2. The summed E-state index contributed by atoms with van der Waals surface area (Å²) in [5.74, 6) is -1.09. The predicted molar refractivity (Wildman–Crippen MR) is 83.6 cm³/mol. The molecule has 1 rings (SSSR count). The van der Waals surface area contributed by atoms with Crippen molar-refractivity contribution in [3.8, 4) is 0 Å². The molecule has 6 nitrogen and oxygen atoms in total. The summed E-state index contributed by atoms with van der Waals surface area (Å²) >= 11 is 0.812. The summed E-state index contributed by atoms with van der Waals surface area (Å²) in [7, 11) is 0.0981. The number of hydrogen-bond donors (Lipinski definition) is 1. The monoisotopic (exact) mass is 334 g/mol. The Morgan fingerprint density at radius 1 is 1.43 bits per heavy atom. The SMILES string of the molecule is CCN(C(C)CN(C)C)S(=O)(=O)c1cc(C)c(C(=O)O)s1. The lowest BCUT2D eigenvalue weighted by atomic mass is 10.3. The molecule has 1 heterocycles. The normalized spacial score (nSPS) is 13.9. The topological polar surface area (TPSA) is 77.9 Å². The van der Waals surface area contributed by atoms with Gasteiger partial charge in [-0.2, -0.15) is 4.31 Å². The molecule has 1 aromatic heterocycles. The summed E-state index contributed by atoms with van der Waals surface area (Å²) < 4.78 is 26.9. The molecule has 1 atom stereocenters. The van der Waals surface area contributed by atoms with Crippen molar-refractivity contribution < 1.29 is 18.3 Å². The van der Waals surface area contributed by atoms with E-state index in [0.717, 1.165) is 11.3 Å². The van der Waals surface area contributed by atoms with Crippen LogP contribution in [0.5, 0.6) is 0 Å². The van der Waals surface area contributed by atoms with E-state index >= 15 is 0 Å². The van der Waals surface area contributed by atoms with Crippen molar-refractivity contribution in [2.24, 2.45) is 0 Å². The maximum Gasteiger partial charge on any atom is 0.346 e. The second-order valence-corrected chi connectivity index (χ2v) is 8.37. The number of sulfonamides is 1. The van der Waals surface area contributed by atoms with Gasteiger partial charge in [0, 0.05) is 19.1 Å². The van der Waals surface area contributed by atoms with Gasteiger partial charge in [0.25, 0.3) is 10.0 Å². The Morgan fingerprint density at radius 2 is 2.00 bits per heavy atom. The fraction of sp³-hybridized carbons (Fsp3) is 0.615. The van der Waals surface area contributed by atoms with Gasteiger partial charge in [-0.15, -0.1) is 11.3 Å². The number of thiophene rings is 1. The molecule has 0 aliphatic rings. The highest BCUT2D eigenvalue weighted by atomic mass is 32.2. The fourth-order valence-electron chi connectivity index (χ4n) is 2.25. The number of carbonyl (C=O) groups is 1. The van der Waals surface area contributed by atoms with Crippen molar-refractivity contribution in [1.82, 2.24) is 9.21 Å². The Balaban J connectivity index is 3.19. The summed E-state index contributed by atoms with van der Waals surface area (Å²) in [5.41, 5.74) is 0.474.